The Hall–Kier alpha value is -1.76. The van der Waals surface area contributed by atoms with Crippen molar-refractivity contribution in [1.82, 2.24) is 0 Å². The van der Waals surface area contributed by atoms with Crippen molar-refractivity contribution < 1.29 is 22.7 Å². The maximum Gasteiger partial charge on any atom is 0.337 e. The molecule has 0 fully saturated rings. The van der Waals surface area contributed by atoms with E-state index in [0.717, 1.165) is 0 Å². The number of nitrogen functional groups attached to an aromatic ring is 1. The molecule has 0 bridgehead atoms. The van der Waals surface area contributed by atoms with Crippen molar-refractivity contribution in [1.29, 1.82) is 0 Å². The second-order valence-electron chi connectivity index (χ2n) is 4.18. The Kier molecular flexibility index (Phi) is 5.82. The third-order valence-corrected chi connectivity index (χ3v) is 4.52. The van der Waals surface area contributed by atoms with E-state index in [1.165, 1.54) is 19.2 Å². The topological polar surface area (TPSA) is 95.7 Å². The molecule has 0 aliphatic carbocycles. The van der Waals surface area contributed by atoms with Crippen LogP contribution in [0.5, 0.6) is 5.75 Å². The van der Waals surface area contributed by atoms with Gasteiger partial charge in [-0.2, -0.15) is 0 Å². The monoisotopic (exact) mass is 301 g/mol. The molecule has 1 aromatic rings. The minimum absolute atomic E-state index is 0.0695. The van der Waals surface area contributed by atoms with Crippen LogP contribution in [-0.4, -0.2) is 39.6 Å². The van der Waals surface area contributed by atoms with Crippen molar-refractivity contribution in [3.63, 3.8) is 0 Å². The largest absolute Gasteiger partial charge is 0.491 e. The van der Waals surface area contributed by atoms with E-state index in [0.29, 0.717) is 23.4 Å². The predicted octanol–water partition coefficient (Wildman–Crippen LogP) is 1.26. The van der Waals surface area contributed by atoms with Crippen molar-refractivity contribution in [2.24, 2.45) is 0 Å². The van der Waals surface area contributed by atoms with Gasteiger partial charge in [0.25, 0.3) is 0 Å². The molecule has 1 rings (SSSR count). The molecule has 6 nitrogen and oxygen atoms in total. The fourth-order valence-corrected chi connectivity index (χ4v) is 2.36. The summed E-state index contributed by atoms with van der Waals surface area (Å²) in [5.74, 6) is 0.0535. The third-order valence-electron chi connectivity index (χ3n) is 2.73. The summed E-state index contributed by atoms with van der Waals surface area (Å²) < 4.78 is 32.7. The minimum atomic E-state index is -2.99. The normalized spacial score (nSPS) is 11.1. The van der Waals surface area contributed by atoms with Crippen molar-refractivity contribution in [3.05, 3.63) is 23.8 Å². The lowest BCUT2D eigenvalue weighted by Crippen LogP contribution is -2.12. The number of carbonyl (C=O) groups excluding carboxylic acids is 1. The zero-order chi connectivity index (χ0) is 15.2. The first kappa shape index (κ1) is 16.3. The van der Waals surface area contributed by atoms with Gasteiger partial charge in [-0.1, -0.05) is 6.92 Å². The number of nitrogens with two attached hydrogens (primary N) is 1. The minimum Gasteiger partial charge on any atom is -0.491 e. The van der Waals surface area contributed by atoms with Crippen LogP contribution in [0.15, 0.2) is 18.2 Å². The van der Waals surface area contributed by atoms with Gasteiger partial charge in [0.15, 0.2) is 0 Å². The smallest absolute Gasteiger partial charge is 0.337 e. The maximum absolute atomic E-state index is 11.4. The second-order valence-corrected chi connectivity index (χ2v) is 6.66. The Balaban J connectivity index is 2.62. The van der Waals surface area contributed by atoms with Gasteiger partial charge in [-0.15, -0.1) is 0 Å². The van der Waals surface area contributed by atoms with Gasteiger partial charge in [-0.25, -0.2) is 13.2 Å². The Labute approximate surface area is 118 Å². The number of sulfone groups is 1. The van der Waals surface area contributed by atoms with Crippen LogP contribution in [0.25, 0.3) is 0 Å². The highest BCUT2D eigenvalue weighted by Crippen LogP contribution is 2.23. The number of hydrogen-bond donors (Lipinski definition) is 1. The van der Waals surface area contributed by atoms with E-state index < -0.39 is 15.8 Å². The molecule has 0 atom stereocenters. The average Bonchev–Trinajstić information content (AvgIpc) is 2.44. The van der Waals surface area contributed by atoms with Crippen molar-refractivity contribution in [2.75, 3.05) is 31.0 Å². The summed E-state index contributed by atoms with van der Waals surface area (Å²) in [5.41, 5.74) is 6.45. The van der Waals surface area contributed by atoms with Gasteiger partial charge in [0.1, 0.15) is 15.6 Å². The molecular formula is C13H19NO5S. The molecule has 0 saturated carbocycles. The second kappa shape index (κ2) is 7.14. The Morgan fingerprint density at radius 3 is 2.65 bits per heavy atom. The van der Waals surface area contributed by atoms with E-state index in [9.17, 15) is 13.2 Å². The van der Waals surface area contributed by atoms with Gasteiger partial charge >= 0.3 is 5.97 Å². The molecule has 0 aliphatic rings. The van der Waals surface area contributed by atoms with Crippen LogP contribution in [0.2, 0.25) is 0 Å². The highest BCUT2D eigenvalue weighted by molar-refractivity contribution is 7.91. The standard InChI is InChI=1S/C13H19NO5S/c1-3-20(16,17)8-4-7-19-12-9-10(13(15)18-2)5-6-11(12)14/h5-6,9H,3-4,7-8,14H2,1-2H3. The van der Waals surface area contributed by atoms with Crippen LogP contribution in [0.1, 0.15) is 23.7 Å². The molecule has 0 spiro atoms. The van der Waals surface area contributed by atoms with Gasteiger partial charge < -0.3 is 15.2 Å². The van der Waals surface area contributed by atoms with Gasteiger partial charge in [0.2, 0.25) is 0 Å². The number of methoxy groups -OCH3 is 1. The molecular weight excluding hydrogens is 282 g/mol. The van der Waals surface area contributed by atoms with E-state index in [1.54, 1.807) is 13.0 Å². The lowest BCUT2D eigenvalue weighted by Gasteiger charge is -2.10. The van der Waals surface area contributed by atoms with Gasteiger partial charge in [0.05, 0.1) is 30.7 Å². The van der Waals surface area contributed by atoms with Crippen molar-refractivity contribution >= 4 is 21.5 Å². The SMILES string of the molecule is CCS(=O)(=O)CCCOc1cc(C(=O)OC)ccc1N. The molecule has 20 heavy (non-hydrogen) atoms. The zero-order valence-corrected chi connectivity index (χ0v) is 12.4. The third kappa shape index (κ3) is 4.73. The number of anilines is 1. The molecule has 0 aromatic heterocycles. The molecule has 7 heteroatoms. The molecule has 0 aliphatic heterocycles. The molecule has 1 aromatic carbocycles. The number of benzene rings is 1. The van der Waals surface area contributed by atoms with Crippen LogP contribution < -0.4 is 10.5 Å². The van der Waals surface area contributed by atoms with Gasteiger partial charge in [-0.3, -0.25) is 0 Å². The summed E-state index contributed by atoms with van der Waals surface area (Å²) in [5, 5.41) is 0. The lowest BCUT2D eigenvalue weighted by atomic mass is 10.2. The molecule has 0 amide bonds. The fraction of sp³-hybridized carbons (Fsp3) is 0.462. The molecule has 0 saturated heterocycles. The molecule has 0 radical (unpaired) electrons. The highest BCUT2D eigenvalue weighted by Gasteiger charge is 2.10. The van der Waals surface area contributed by atoms with E-state index in [4.69, 9.17) is 10.5 Å². The number of rotatable bonds is 7. The summed E-state index contributed by atoms with van der Waals surface area (Å²) >= 11 is 0. The number of hydrogen-bond acceptors (Lipinski definition) is 6. The Bertz CT molecular complexity index is 568. The predicted molar refractivity (Wildman–Crippen MR) is 76.6 cm³/mol. The first-order valence-electron chi connectivity index (χ1n) is 6.20. The van der Waals surface area contributed by atoms with Crippen LogP contribution in [0.4, 0.5) is 5.69 Å². The van der Waals surface area contributed by atoms with Crippen LogP contribution >= 0.6 is 0 Å². The first-order chi connectivity index (χ1) is 9.39. The van der Waals surface area contributed by atoms with Gasteiger partial charge in [0, 0.05) is 5.75 Å². The average molecular weight is 301 g/mol. The quantitative estimate of drug-likeness (QED) is 0.463. The summed E-state index contributed by atoms with van der Waals surface area (Å²) in [4.78, 5) is 11.4. The summed E-state index contributed by atoms with van der Waals surface area (Å²) in [7, 11) is -1.71. The first-order valence-corrected chi connectivity index (χ1v) is 8.03. The highest BCUT2D eigenvalue weighted by atomic mass is 32.2. The molecule has 112 valence electrons. The number of esters is 1. The van der Waals surface area contributed by atoms with Crippen LogP contribution in [0.3, 0.4) is 0 Å². The lowest BCUT2D eigenvalue weighted by molar-refractivity contribution is 0.0600. The number of carbonyl (C=O) groups is 1. The summed E-state index contributed by atoms with van der Waals surface area (Å²) in [6, 6.07) is 4.56. The zero-order valence-electron chi connectivity index (χ0n) is 11.6. The molecule has 0 heterocycles. The molecule has 0 unspecified atom stereocenters. The van der Waals surface area contributed by atoms with E-state index in [1.807, 2.05) is 0 Å². The van der Waals surface area contributed by atoms with E-state index >= 15 is 0 Å². The number of ether oxygens (including phenoxy) is 2. The van der Waals surface area contributed by atoms with Crippen molar-refractivity contribution in [2.45, 2.75) is 13.3 Å². The van der Waals surface area contributed by atoms with Gasteiger partial charge in [-0.05, 0) is 24.6 Å². The van der Waals surface area contributed by atoms with Crippen LogP contribution in [-0.2, 0) is 14.6 Å². The van der Waals surface area contributed by atoms with Crippen molar-refractivity contribution in [3.8, 4) is 5.75 Å². The van der Waals surface area contributed by atoms with E-state index in [2.05, 4.69) is 4.74 Å². The van der Waals surface area contributed by atoms with E-state index in [-0.39, 0.29) is 18.1 Å². The molecule has 2 N–H and O–H groups in total. The summed E-state index contributed by atoms with van der Waals surface area (Å²) in [6.45, 7) is 1.82. The fourth-order valence-electron chi connectivity index (χ4n) is 1.51. The maximum atomic E-state index is 11.4. The Morgan fingerprint density at radius 2 is 2.05 bits per heavy atom. The Morgan fingerprint density at radius 1 is 1.35 bits per heavy atom. The van der Waals surface area contributed by atoms with Crippen LogP contribution in [0, 0.1) is 0 Å². The summed E-state index contributed by atoms with van der Waals surface area (Å²) in [6.07, 6.45) is 0.373.